The molecule has 23 heavy (non-hydrogen) atoms. The van der Waals surface area contributed by atoms with E-state index in [1.165, 1.54) is 40.7 Å². The van der Waals surface area contributed by atoms with Gasteiger partial charge < -0.3 is 4.57 Å². The Bertz CT molecular complexity index is 802. The summed E-state index contributed by atoms with van der Waals surface area (Å²) in [6.45, 7) is 9.14. The van der Waals surface area contributed by atoms with Gasteiger partial charge in [0, 0.05) is 16.8 Å². The summed E-state index contributed by atoms with van der Waals surface area (Å²) >= 11 is 0. The summed E-state index contributed by atoms with van der Waals surface area (Å²) in [6.07, 6.45) is 3.58. The molecule has 0 fully saturated rings. The van der Waals surface area contributed by atoms with Gasteiger partial charge in [-0.15, -0.1) is 0 Å². The van der Waals surface area contributed by atoms with Crippen LogP contribution in [0.1, 0.15) is 51.8 Å². The molecular formula is C22H27N. The molecule has 3 aromatic rings. The Labute approximate surface area is 140 Å². The average Bonchev–Trinajstić information content (AvgIpc) is 2.90. The van der Waals surface area contributed by atoms with E-state index in [1.54, 1.807) is 0 Å². The minimum absolute atomic E-state index is 0.129. The molecule has 120 valence electrons. The zero-order valence-corrected chi connectivity index (χ0v) is 14.8. The van der Waals surface area contributed by atoms with Crippen LogP contribution in [0.15, 0.2) is 54.6 Å². The van der Waals surface area contributed by atoms with E-state index in [9.17, 15) is 0 Å². The lowest BCUT2D eigenvalue weighted by atomic mass is 9.85. The van der Waals surface area contributed by atoms with Crippen LogP contribution in [0.5, 0.6) is 0 Å². The maximum atomic E-state index is 2.48. The Morgan fingerprint density at radius 3 is 2.35 bits per heavy atom. The van der Waals surface area contributed by atoms with Crippen molar-refractivity contribution in [1.29, 1.82) is 0 Å². The second-order valence-electron chi connectivity index (χ2n) is 7.40. The lowest BCUT2D eigenvalue weighted by molar-refractivity contribution is 0.586. The van der Waals surface area contributed by atoms with Crippen molar-refractivity contribution in [2.24, 2.45) is 0 Å². The van der Waals surface area contributed by atoms with Gasteiger partial charge in [0.05, 0.1) is 5.52 Å². The van der Waals surface area contributed by atoms with E-state index >= 15 is 0 Å². The summed E-state index contributed by atoms with van der Waals surface area (Å²) in [5.41, 5.74) is 5.59. The molecule has 0 aliphatic heterocycles. The first-order valence-corrected chi connectivity index (χ1v) is 8.71. The van der Waals surface area contributed by atoms with Gasteiger partial charge in [-0.25, -0.2) is 0 Å². The number of aromatic nitrogens is 1. The van der Waals surface area contributed by atoms with E-state index in [0.717, 1.165) is 6.42 Å². The number of hydrogen-bond donors (Lipinski definition) is 0. The van der Waals surface area contributed by atoms with E-state index in [-0.39, 0.29) is 5.41 Å². The van der Waals surface area contributed by atoms with Crippen molar-refractivity contribution >= 4 is 10.9 Å². The van der Waals surface area contributed by atoms with Crippen molar-refractivity contribution in [2.75, 3.05) is 0 Å². The van der Waals surface area contributed by atoms with Crippen molar-refractivity contribution in [3.05, 3.63) is 65.9 Å². The highest BCUT2D eigenvalue weighted by molar-refractivity contribution is 5.83. The summed E-state index contributed by atoms with van der Waals surface area (Å²) in [4.78, 5) is 0. The van der Waals surface area contributed by atoms with Crippen LogP contribution >= 0.6 is 0 Å². The molecule has 0 saturated heterocycles. The third-order valence-corrected chi connectivity index (χ3v) is 4.53. The molecule has 3 rings (SSSR count). The normalized spacial score (nSPS) is 12.0. The second kappa shape index (κ2) is 6.23. The molecule has 0 spiro atoms. The van der Waals surface area contributed by atoms with Crippen molar-refractivity contribution in [3.63, 3.8) is 0 Å². The van der Waals surface area contributed by atoms with Gasteiger partial charge in [-0.2, -0.15) is 0 Å². The quantitative estimate of drug-likeness (QED) is 0.535. The molecular weight excluding hydrogens is 278 g/mol. The molecule has 0 aliphatic carbocycles. The third kappa shape index (κ3) is 3.06. The first-order chi connectivity index (χ1) is 11.0. The van der Waals surface area contributed by atoms with E-state index in [2.05, 4.69) is 86.9 Å². The van der Waals surface area contributed by atoms with Crippen LogP contribution < -0.4 is 0 Å². The Morgan fingerprint density at radius 1 is 0.913 bits per heavy atom. The number of unbranched alkanes of at least 4 members (excludes halogenated alkanes) is 1. The summed E-state index contributed by atoms with van der Waals surface area (Å²) in [5, 5.41) is 1.34. The zero-order valence-electron chi connectivity index (χ0n) is 14.8. The molecule has 0 radical (unpaired) electrons. The van der Waals surface area contributed by atoms with Gasteiger partial charge in [-0.3, -0.25) is 0 Å². The van der Waals surface area contributed by atoms with Crippen molar-refractivity contribution < 1.29 is 0 Å². The van der Waals surface area contributed by atoms with E-state index < -0.39 is 0 Å². The van der Waals surface area contributed by atoms with Gasteiger partial charge in [-0.05, 0) is 42.0 Å². The predicted molar refractivity (Wildman–Crippen MR) is 101 cm³/mol. The number of fused-ring (bicyclic) bond motifs is 1. The van der Waals surface area contributed by atoms with Gasteiger partial charge in [0.25, 0.3) is 0 Å². The second-order valence-corrected chi connectivity index (χ2v) is 7.40. The maximum absolute atomic E-state index is 2.48. The highest BCUT2D eigenvalue weighted by Crippen LogP contribution is 2.33. The highest BCUT2D eigenvalue weighted by atomic mass is 15.0. The van der Waals surface area contributed by atoms with Gasteiger partial charge in [-0.1, -0.05) is 70.5 Å². The van der Waals surface area contributed by atoms with Crippen LogP contribution in [0.2, 0.25) is 0 Å². The van der Waals surface area contributed by atoms with Gasteiger partial charge in [0.2, 0.25) is 0 Å². The lowest BCUT2D eigenvalue weighted by Crippen LogP contribution is -2.16. The number of benzene rings is 2. The molecule has 1 nitrogen and oxygen atoms in total. The predicted octanol–water partition coefficient (Wildman–Crippen LogP) is 6.27. The molecule has 0 aliphatic rings. The SMILES string of the molecule is CCCCc1cc2ccccc2n1-c1ccccc1C(C)(C)C. The Hall–Kier alpha value is -2.02. The summed E-state index contributed by atoms with van der Waals surface area (Å²) in [5.74, 6) is 0. The Kier molecular flexibility index (Phi) is 4.30. The van der Waals surface area contributed by atoms with E-state index in [4.69, 9.17) is 0 Å². The third-order valence-electron chi connectivity index (χ3n) is 4.53. The number of rotatable bonds is 4. The average molecular weight is 305 g/mol. The first kappa shape index (κ1) is 15.9. The largest absolute Gasteiger partial charge is 0.313 e. The topological polar surface area (TPSA) is 4.93 Å². The fourth-order valence-electron chi connectivity index (χ4n) is 3.34. The Morgan fingerprint density at radius 2 is 1.61 bits per heavy atom. The molecule has 1 aromatic heterocycles. The summed E-state index contributed by atoms with van der Waals surface area (Å²) in [7, 11) is 0. The molecule has 2 aromatic carbocycles. The van der Waals surface area contributed by atoms with Crippen LogP contribution in [-0.2, 0) is 11.8 Å². The minimum Gasteiger partial charge on any atom is -0.313 e. The standard InChI is InChI=1S/C22H27N/c1-5-6-12-18-16-17-11-7-9-14-20(17)23(18)21-15-10-8-13-19(21)22(2,3)4/h7-11,13-16H,5-6,12H2,1-4H3. The summed E-state index contributed by atoms with van der Waals surface area (Å²) < 4.78 is 2.48. The molecule has 0 atom stereocenters. The molecule has 0 N–H and O–H groups in total. The van der Waals surface area contributed by atoms with Crippen LogP contribution in [0.25, 0.3) is 16.6 Å². The van der Waals surface area contributed by atoms with Gasteiger partial charge in [0.15, 0.2) is 0 Å². The van der Waals surface area contributed by atoms with Crippen LogP contribution in [0.4, 0.5) is 0 Å². The number of aryl methyl sites for hydroxylation is 1. The number of hydrogen-bond acceptors (Lipinski definition) is 0. The van der Waals surface area contributed by atoms with Crippen LogP contribution in [-0.4, -0.2) is 4.57 Å². The van der Waals surface area contributed by atoms with E-state index in [0.29, 0.717) is 0 Å². The van der Waals surface area contributed by atoms with E-state index in [1.807, 2.05) is 0 Å². The van der Waals surface area contributed by atoms with Crippen LogP contribution in [0.3, 0.4) is 0 Å². The highest BCUT2D eigenvalue weighted by Gasteiger charge is 2.20. The van der Waals surface area contributed by atoms with Crippen molar-refractivity contribution in [1.82, 2.24) is 4.57 Å². The number of nitrogens with zero attached hydrogens (tertiary/aromatic N) is 1. The summed E-state index contributed by atoms with van der Waals surface area (Å²) in [6, 6.07) is 19.9. The Balaban J connectivity index is 2.27. The first-order valence-electron chi connectivity index (χ1n) is 8.71. The van der Waals surface area contributed by atoms with Crippen LogP contribution in [0, 0.1) is 0 Å². The molecule has 0 unspecified atom stereocenters. The molecule has 0 saturated carbocycles. The zero-order chi connectivity index (χ0) is 16.4. The molecule has 0 bridgehead atoms. The number of para-hydroxylation sites is 2. The molecule has 1 heteroatoms. The van der Waals surface area contributed by atoms with Crippen molar-refractivity contribution in [2.45, 2.75) is 52.4 Å². The fourth-order valence-corrected chi connectivity index (χ4v) is 3.34. The minimum atomic E-state index is 0.129. The molecule has 0 amide bonds. The maximum Gasteiger partial charge on any atom is 0.0531 e. The van der Waals surface area contributed by atoms with Crippen molar-refractivity contribution in [3.8, 4) is 5.69 Å². The molecule has 1 heterocycles. The monoisotopic (exact) mass is 305 g/mol. The lowest BCUT2D eigenvalue weighted by Gasteiger charge is -2.25. The fraction of sp³-hybridized carbons (Fsp3) is 0.364. The smallest absolute Gasteiger partial charge is 0.0531 e. The van der Waals surface area contributed by atoms with Gasteiger partial charge >= 0.3 is 0 Å². The van der Waals surface area contributed by atoms with Gasteiger partial charge in [0.1, 0.15) is 0 Å².